The molecule has 0 unspecified atom stereocenters. The molecule has 0 N–H and O–H groups in total. The van der Waals surface area contributed by atoms with Crippen LogP contribution in [0.2, 0.25) is 0 Å². The van der Waals surface area contributed by atoms with E-state index in [1.165, 1.54) is 30.4 Å². The van der Waals surface area contributed by atoms with E-state index in [9.17, 15) is 4.79 Å². The van der Waals surface area contributed by atoms with Crippen molar-refractivity contribution in [2.24, 2.45) is 0 Å². The third-order valence-electron chi connectivity index (χ3n) is 4.12. The van der Waals surface area contributed by atoms with Crippen LogP contribution in [-0.4, -0.2) is 5.78 Å². The minimum Gasteiger partial charge on any atom is -0.298 e. The summed E-state index contributed by atoms with van der Waals surface area (Å²) in [4.78, 5) is 12.2. The van der Waals surface area contributed by atoms with Crippen LogP contribution in [0.4, 0.5) is 0 Å². The van der Waals surface area contributed by atoms with Gasteiger partial charge in [-0.25, -0.2) is 0 Å². The highest BCUT2D eigenvalue weighted by molar-refractivity contribution is 5.96. The maximum atomic E-state index is 12.2. The Morgan fingerprint density at radius 3 is 2.53 bits per heavy atom. The highest BCUT2D eigenvalue weighted by Gasteiger charge is 2.45. The van der Waals surface area contributed by atoms with Gasteiger partial charge in [-0.2, -0.15) is 0 Å². The molecule has 78 valence electrons. The molecule has 0 radical (unpaired) electrons. The maximum absolute atomic E-state index is 12.2. The second-order valence-corrected chi connectivity index (χ2v) is 4.90. The fraction of sp³-hybridized carbons (Fsp3) is 0.500. The minimum atomic E-state index is -0.0746. The van der Waals surface area contributed by atoms with Gasteiger partial charge in [0, 0.05) is 6.42 Å². The van der Waals surface area contributed by atoms with Crippen molar-refractivity contribution in [2.75, 3.05) is 0 Å². The molecule has 1 aromatic carbocycles. The summed E-state index contributed by atoms with van der Waals surface area (Å²) < 4.78 is 0. The summed E-state index contributed by atoms with van der Waals surface area (Å²) in [5.74, 6) is 0.475. The molecule has 1 spiro atoms. The van der Waals surface area contributed by atoms with Crippen LogP contribution in [0.25, 0.3) is 0 Å². The summed E-state index contributed by atoms with van der Waals surface area (Å²) in [5.41, 5.74) is 2.55. The number of carbonyl (C=O) groups excluding carboxylic acids is 1. The lowest BCUT2D eigenvalue weighted by Crippen LogP contribution is -2.34. The third kappa shape index (κ3) is 1.19. The first kappa shape index (κ1) is 9.14. The number of rotatable bonds is 0. The quantitative estimate of drug-likeness (QED) is 0.629. The van der Waals surface area contributed by atoms with E-state index in [-0.39, 0.29) is 5.41 Å². The first-order valence-electron chi connectivity index (χ1n) is 5.95. The Morgan fingerprint density at radius 2 is 1.73 bits per heavy atom. The van der Waals surface area contributed by atoms with Crippen LogP contribution in [0, 0.1) is 0 Å². The molecule has 1 heteroatoms. The van der Waals surface area contributed by atoms with Gasteiger partial charge in [0.05, 0.1) is 5.41 Å². The molecule has 0 atom stereocenters. The van der Waals surface area contributed by atoms with Crippen LogP contribution in [0.15, 0.2) is 24.3 Å². The zero-order valence-electron chi connectivity index (χ0n) is 8.96. The number of ketones is 1. The van der Waals surface area contributed by atoms with Crippen molar-refractivity contribution in [2.45, 2.75) is 43.9 Å². The predicted octanol–water partition coefficient (Wildman–Crippen LogP) is 3.01. The summed E-state index contributed by atoms with van der Waals surface area (Å²) in [6.45, 7) is 0. The number of fused-ring (bicyclic) bond motifs is 2. The molecule has 1 saturated carbocycles. The van der Waals surface area contributed by atoms with Crippen LogP contribution in [0.5, 0.6) is 0 Å². The van der Waals surface area contributed by atoms with Gasteiger partial charge in [-0.1, -0.05) is 43.5 Å². The molecule has 0 heterocycles. The Balaban J connectivity index is 2.11. The van der Waals surface area contributed by atoms with Gasteiger partial charge in [0.2, 0.25) is 0 Å². The van der Waals surface area contributed by atoms with Gasteiger partial charge in [0.15, 0.2) is 0 Å². The molecular formula is C14H16O. The molecule has 0 amide bonds. The van der Waals surface area contributed by atoms with Crippen molar-refractivity contribution >= 4 is 5.78 Å². The summed E-state index contributed by atoms with van der Waals surface area (Å²) in [6.07, 6.45) is 6.60. The highest BCUT2D eigenvalue weighted by Crippen LogP contribution is 2.46. The minimum absolute atomic E-state index is 0.0746. The molecule has 2 aliphatic carbocycles. The van der Waals surface area contributed by atoms with E-state index in [4.69, 9.17) is 0 Å². The Morgan fingerprint density at radius 1 is 1.00 bits per heavy atom. The standard InChI is InChI=1S/C14H16O/c15-13-10-11-6-2-3-7-12(11)14(13)8-4-1-5-9-14/h2-3,6-7H,1,4-5,8-10H2. The van der Waals surface area contributed by atoms with Crippen molar-refractivity contribution in [3.8, 4) is 0 Å². The average Bonchev–Trinajstić information content (AvgIpc) is 2.55. The van der Waals surface area contributed by atoms with Crippen LogP contribution < -0.4 is 0 Å². The Labute approximate surface area is 90.5 Å². The van der Waals surface area contributed by atoms with Crippen molar-refractivity contribution in [1.29, 1.82) is 0 Å². The van der Waals surface area contributed by atoms with Gasteiger partial charge in [-0.15, -0.1) is 0 Å². The number of carbonyl (C=O) groups is 1. The van der Waals surface area contributed by atoms with Crippen LogP contribution in [-0.2, 0) is 16.6 Å². The topological polar surface area (TPSA) is 17.1 Å². The third-order valence-corrected chi connectivity index (χ3v) is 4.12. The van der Waals surface area contributed by atoms with Crippen molar-refractivity contribution in [3.05, 3.63) is 35.4 Å². The van der Waals surface area contributed by atoms with Crippen LogP contribution >= 0.6 is 0 Å². The summed E-state index contributed by atoms with van der Waals surface area (Å²) >= 11 is 0. The van der Waals surface area contributed by atoms with E-state index in [1.807, 2.05) is 6.07 Å². The van der Waals surface area contributed by atoms with Gasteiger partial charge in [-0.3, -0.25) is 4.79 Å². The Bertz CT molecular complexity index is 400. The number of Topliss-reactive ketones (excluding diaryl/α,β-unsaturated/α-hetero) is 1. The molecule has 1 nitrogen and oxygen atoms in total. The van der Waals surface area contributed by atoms with Crippen LogP contribution in [0.3, 0.4) is 0 Å². The SMILES string of the molecule is O=C1Cc2ccccc2C12CCCCC2. The number of benzene rings is 1. The van der Waals surface area contributed by atoms with Gasteiger partial charge >= 0.3 is 0 Å². The monoisotopic (exact) mass is 200 g/mol. The molecule has 0 saturated heterocycles. The largest absolute Gasteiger partial charge is 0.298 e. The average molecular weight is 200 g/mol. The second-order valence-electron chi connectivity index (χ2n) is 4.90. The van der Waals surface area contributed by atoms with Crippen molar-refractivity contribution in [3.63, 3.8) is 0 Å². The highest BCUT2D eigenvalue weighted by atomic mass is 16.1. The summed E-state index contributed by atoms with van der Waals surface area (Å²) in [7, 11) is 0. The molecule has 0 aromatic heterocycles. The first-order chi connectivity index (χ1) is 7.33. The molecular weight excluding hydrogens is 184 g/mol. The molecule has 15 heavy (non-hydrogen) atoms. The van der Waals surface area contributed by atoms with Gasteiger partial charge < -0.3 is 0 Å². The normalized spacial score (nSPS) is 23.1. The van der Waals surface area contributed by atoms with Gasteiger partial charge in [0.25, 0.3) is 0 Å². The smallest absolute Gasteiger partial charge is 0.147 e. The van der Waals surface area contributed by atoms with Crippen molar-refractivity contribution in [1.82, 2.24) is 0 Å². The molecule has 1 fully saturated rings. The lowest BCUT2D eigenvalue weighted by Gasteiger charge is -2.32. The van der Waals surface area contributed by atoms with Crippen molar-refractivity contribution < 1.29 is 4.79 Å². The van der Waals surface area contributed by atoms with Gasteiger partial charge in [0.1, 0.15) is 5.78 Å². The first-order valence-corrected chi connectivity index (χ1v) is 5.95. The summed E-state index contributed by atoms with van der Waals surface area (Å²) in [5, 5.41) is 0. The molecule has 0 aliphatic heterocycles. The lowest BCUT2D eigenvalue weighted by molar-refractivity contribution is -0.124. The molecule has 1 aromatic rings. The Kier molecular flexibility index (Phi) is 1.95. The van der Waals surface area contributed by atoms with E-state index in [1.54, 1.807) is 0 Å². The zero-order valence-corrected chi connectivity index (χ0v) is 8.96. The van der Waals surface area contributed by atoms with Gasteiger partial charge in [-0.05, 0) is 24.0 Å². The van der Waals surface area contributed by atoms with Crippen LogP contribution in [0.1, 0.15) is 43.2 Å². The maximum Gasteiger partial charge on any atom is 0.147 e. The second kappa shape index (κ2) is 3.19. The molecule has 0 bridgehead atoms. The van der Waals surface area contributed by atoms with E-state index in [0.717, 1.165) is 12.8 Å². The van der Waals surface area contributed by atoms with E-state index in [2.05, 4.69) is 18.2 Å². The summed E-state index contributed by atoms with van der Waals surface area (Å²) in [6, 6.07) is 8.42. The fourth-order valence-electron chi connectivity index (χ4n) is 3.34. The molecule has 2 aliphatic rings. The van der Waals surface area contributed by atoms with E-state index >= 15 is 0 Å². The number of hydrogen-bond acceptors (Lipinski definition) is 1. The van der Waals surface area contributed by atoms with E-state index in [0.29, 0.717) is 12.2 Å². The Hall–Kier alpha value is -1.11. The number of hydrogen-bond donors (Lipinski definition) is 0. The molecule has 3 rings (SSSR count). The predicted molar refractivity (Wildman–Crippen MR) is 59.9 cm³/mol. The fourth-order valence-corrected chi connectivity index (χ4v) is 3.34. The lowest BCUT2D eigenvalue weighted by atomic mass is 9.70. The zero-order chi connectivity index (χ0) is 10.3. The van der Waals surface area contributed by atoms with E-state index < -0.39 is 0 Å².